The lowest BCUT2D eigenvalue weighted by Crippen LogP contribution is -2.35. The zero-order chi connectivity index (χ0) is 25.9. The molecule has 2 N–H and O–H groups in total. The Labute approximate surface area is 216 Å². The first-order valence-electron chi connectivity index (χ1n) is 11.9. The number of amides is 1. The van der Waals surface area contributed by atoms with E-state index in [1.54, 1.807) is 37.5 Å². The number of halogens is 1. The molecule has 0 bridgehead atoms. The fourth-order valence-electron chi connectivity index (χ4n) is 4.44. The Balaban J connectivity index is 1.54. The van der Waals surface area contributed by atoms with Crippen LogP contribution >= 0.6 is 11.6 Å². The summed E-state index contributed by atoms with van der Waals surface area (Å²) in [5.41, 5.74) is 3.32. The molecule has 0 aliphatic carbocycles. The summed E-state index contributed by atoms with van der Waals surface area (Å²) in [5, 5.41) is 13.3. The number of sulfone groups is 1. The number of rotatable bonds is 8. The predicted octanol–water partition coefficient (Wildman–Crippen LogP) is 3.90. The molecule has 0 unspecified atom stereocenters. The van der Waals surface area contributed by atoms with Gasteiger partial charge < -0.3 is 15.3 Å². The van der Waals surface area contributed by atoms with Gasteiger partial charge >= 0.3 is 0 Å². The van der Waals surface area contributed by atoms with Crippen LogP contribution in [0.15, 0.2) is 59.8 Å². The Morgan fingerprint density at radius 1 is 1.17 bits per heavy atom. The van der Waals surface area contributed by atoms with Crippen LogP contribution in [0.1, 0.15) is 59.3 Å². The topological polar surface area (TPSA) is 112 Å². The van der Waals surface area contributed by atoms with Crippen molar-refractivity contribution in [3.63, 3.8) is 0 Å². The molecule has 8 nitrogen and oxygen atoms in total. The van der Waals surface area contributed by atoms with Gasteiger partial charge in [0.2, 0.25) is 5.95 Å². The highest BCUT2D eigenvalue weighted by atomic mass is 35.5. The molecule has 36 heavy (non-hydrogen) atoms. The maximum absolute atomic E-state index is 13.1. The number of hydrogen-bond acceptors (Lipinski definition) is 7. The van der Waals surface area contributed by atoms with Crippen LogP contribution in [0.5, 0.6) is 0 Å². The number of anilines is 1. The second-order valence-corrected chi connectivity index (χ2v) is 11.5. The number of nitrogens with zero attached hydrogens (tertiary/aromatic N) is 3. The van der Waals surface area contributed by atoms with E-state index < -0.39 is 15.9 Å². The van der Waals surface area contributed by atoms with Crippen molar-refractivity contribution in [3.8, 4) is 0 Å². The molecule has 1 aliphatic heterocycles. The van der Waals surface area contributed by atoms with Gasteiger partial charge in [-0.1, -0.05) is 43.6 Å². The molecule has 0 saturated heterocycles. The van der Waals surface area contributed by atoms with E-state index in [1.165, 1.54) is 17.7 Å². The van der Waals surface area contributed by atoms with E-state index in [0.29, 0.717) is 28.6 Å². The molecule has 2 heterocycles. The van der Waals surface area contributed by atoms with Crippen molar-refractivity contribution < 1.29 is 18.3 Å². The Bertz CT molecular complexity index is 1330. The highest BCUT2D eigenvalue weighted by Crippen LogP contribution is 2.33. The van der Waals surface area contributed by atoms with Gasteiger partial charge in [-0.25, -0.2) is 18.4 Å². The van der Waals surface area contributed by atoms with Crippen LogP contribution in [0.25, 0.3) is 0 Å². The number of hydrogen-bond donors (Lipinski definition) is 2. The van der Waals surface area contributed by atoms with Gasteiger partial charge in [-0.15, -0.1) is 0 Å². The van der Waals surface area contributed by atoms with Crippen LogP contribution < -0.4 is 10.2 Å². The number of fused-ring (bicyclic) bond motifs is 1. The molecular formula is C26H29ClN4O4S. The maximum atomic E-state index is 13.1. The smallest absolute Gasteiger partial charge is 0.251 e. The van der Waals surface area contributed by atoms with Gasteiger partial charge in [0.25, 0.3) is 5.91 Å². The fourth-order valence-corrected chi connectivity index (χ4v) is 5.42. The predicted molar refractivity (Wildman–Crippen MR) is 139 cm³/mol. The van der Waals surface area contributed by atoms with E-state index in [-0.39, 0.29) is 29.1 Å². The zero-order valence-electron chi connectivity index (χ0n) is 20.2. The van der Waals surface area contributed by atoms with Gasteiger partial charge in [0, 0.05) is 24.6 Å². The molecular weight excluding hydrogens is 500 g/mol. The number of aromatic nitrogens is 2. The Morgan fingerprint density at radius 3 is 2.47 bits per heavy atom. The lowest BCUT2D eigenvalue weighted by atomic mass is 9.87. The number of aliphatic hydroxyl groups is 1. The quantitative estimate of drug-likeness (QED) is 0.456. The first kappa shape index (κ1) is 26.1. The zero-order valence-corrected chi connectivity index (χ0v) is 21.8. The monoisotopic (exact) mass is 528 g/mol. The number of carbonyl (C=O) groups is 1. The first-order chi connectivity index (χ1) is 17.2. The molecule has 1 aromatic heterocycles. The lowest BCUT2D eigenvalue weighted by molar-refractivity contribution is 0.0916. The number of nitrogens with one attached hydrogen (secondary N) is 1. The third-order valence-electron chi connectivity index (χ3n) is 6.54. The van der Waals surface area contributed by atoms with Crippen molar-refractivity contribution in [2.75, 3.05) is 23.8 Å². The number of aliphatic hydroxyl groups excluding tert-OH is 1. The van der Waals surface area contributed by atoms with Crippen molar-refractivity contribution in [1.29, 1.82) is 0 Å². The van der Waals surface area contributed by atoms with E-state index in [4.69, 9.17) is 11.6 Å². The summed E-state index contributed by atoms with van der Waals surface area (Å²) in [6, 6.07) is 11.2. The van der Waals surface area contributed by atoms with Crippen LogP contribution in [0.4, 0.5) is 5.95 Å². The highest BCUT2D eigenvalue weighted by molar-refractivity contribution is 7.91. The summed E-state index contributed by atoms with van der Waals surface area (Å²) < 4.78 is 24.1. The second kappa shape index (κ2) is 10.9. The minimum absolute atomic E-state index is 0.00526. The van der Waals surface area contributed by atoms with Gasteiger partial charge in [0.15, 0.2) is 9.84 Å². The average molecular weight is 529 g/mol. The Morgan fingerprint density at radius 2 is 1.86 bits per heavy atom. The lowest BCUT2D eigenvalue weighted by Gasteiger charge is -2.34. The number of carbonyl (C=O) groups excluding carboxylic acids is 1. The highest BCUT2D eigenvalue weighted by Gasteiger charge is 2.27. The molecule has 1 aliphatic rings. The third kappa shape index (κ3) is 5.53. The summed E-state index contributed by atoms with van der Waals surface area (Å²) in [7, 11) is -3.33. The molecule has 0 saturated carbocycles. The van der Waals surface area contributed by atoms with Crippen molar-refractivity contribution in [3.05, 3.63) is 82.1 Å². The van der Waals surface area contributed by atoms with Crippen molar-refractivity contribution in [2.45, 2.75) is 43.7 Å². The van der Waals surface area contributed by atoms with Crippen LogP contribution in [-0.2, 0) is 16.4 Å². The van der Waals surface area contributed by atoms with E-state index in [1.807, 2.05) is 12.1 Å². The molecule has 2 atom stereocenters. The average Bonchev–Trinajstić information content (AvgIpc) is 2.91. The molecule has 0 fully saturated rings. The Hall–Kier alpha value is -3.01. The largest absolute Gasteiger partial charge is 0.394 e. The summed E-state index contributed by atoms with van der Waals surface area (Å²) in [6.45, 7) is 4.72. The van der Waals surface area contributed by atoms with Crippen molar-refractivity contribution >= 4 is 33.3 Å². The van der Waals surface area contributed by atoms with Crippen LogP contribution in [-0.4, -0.2) is 48.3 Å². The maximum Gasteiger partial charge on any atom is 0.251 e. The normalized spacial score (nSPS) is 16.3. The van der Waals surface area contributed by atoms with Crippen LogP contribution in [0.3, 0.4) is 0 Å². The number of benzene rings is 2. The van der Waals surface area contributed by atoms with Gasteiger partial charge in [0.1, 0.15) is 0 Å². The Kier molecular flexibility index (Phi) is 7.92. The van der Waals surface area contributed by atoms with E-state index in [2.05, 4.69) is 27.1 Å². The van der Waals surface area contributed by atoms with Gasteiger partial charge in [-0.05, 0) is 47.4 Å². The molecule has 1 amide bonds. The summed E-state index contributed by atoms with van der Waals surface area (Å²) in [4.78, 5) is 24.1. The molecule has 190 valence electrons. The van der Waals surface area contributed by atoms with Crippen molar-refractivity contribution in [1.82, 2.24) is 15.3 Å². The standard InChI is InChI=1S/C26H29ClN4O4S/c1-3-17-14-31(26-28-12-21(27)13-29-26)15-20-11-19(7-10-23(17)20)25(33)30-24(16-32)18-5-8-22(9-6-18)36(34,35)4-2/h5-13,17,24,32H,3-4,14-16H2,1-2H3,(H,30,33)/t17-,24+/m1/s1. The van der Waals surface area contributed by atoms with Crippen LogP contribution in [0, 0.1) is 0 Å². The van der Waals surface area contributed by atoms with E-state index in [0.717, 1.165) is 18.5 Å². The molecule has 3 aromatic rings. The molecule has 0 spiro atoms. The second-order valence-electron chi connectivity index (χ2n) is 8.78. The molecule has 4 rings (SSSR count). The minimum atomic E-state index is -3.33. The third-order valence-corrected chi connectivity index (χ3v) is 8.48. The summed E-state index contributed by atoms with van der Waals surface area (Å²) in [5.74, 6) is 0.543. The van der Waals surface area contributed by atoms with E-state index >= 15 is 0 Å². The summed E-state index contributed by atoms with van der Waals surface area (Å²) >= 11 is 5.94. The molecule has 0 radical (unpaired) electrons. The van der Waals surface area contributed by atoms with Crippen molar-refractivity contribution in [2.24, 2.45) is 0 Å². The van der Waals surface area contributed by atoms with Crippen LogP contribution in [0.2, 0.25) is 5.02 Å². The van der Waals surface area contributed by atoms with Gasteiger partial charge in [0.05, 0.1) is 40.7 Å². The molecule has 2 aromatic carbocycles. The fraction of sp³-hybridized carbons (Fsp3) is 0.346. The first-order valence-corrected chi connectivity index (χ1v) is 13.9. The minimum Gasteiger partial charge on any atom is -0.394 e. The SMILES string of the molecule is CC[C@@H]1CN(c2ncc(Cl)cn2)Cc2cc(C(=O)N[C@@H](CO)c3ccc(S(=O)(=O)CC)cc3)ccc21. The molecule has 10 heteroatoms. The van der Waals surface area contributed by atoms with Gasteiger partial charge in [-0.2, -0.15) is 0 Å². The summed E-state index contributed by atoms with van der Waals surface area (Å²) in [6.07, 6.45) is 4.08. The van der Waals surface area contributed by atoms with Gasteiger partial charge in [-0.3, -0.25) is 4.79 Å². The van der Waals surface area contributed by atoms with E-state index in [9.17, 15) is 18.3 Å².